The van der Waals surface area contributed by atoms with Crippen molar-refractivity contribution in [2.45, 2.75) is 17.0 Å². The van der Waals surface area contributed by atoms with Gasteiger partial charge in [-0.2, -0.15) is 5.26 Å². The fourth-order valence-electron chi connectivity index (χ4n) is 0.424. The Morgan fingerprint density at radius 1 is 1.70 bits per heavy atom. The molecule has 0 amide bonds. The van der Waals surface area contributed by atoms with Gasteiger partial charge in [0.2, 0.25) is 3.66 Å². The van der Waals surface area contributed by atoms with Crippen molar-refractivity contribution >= 4 is 25.8 Å². The van der Waals surface area contributed by atoms with Gasteiger partial charge >= 0.3 is 0 Å². The number of sulfone groups is 1. The molecule has 0 aliphatic heterocycles. The van der Waals surface area contributed by atoms with Crippen molar-refractivity contribution in [1.82, 2.24) is 0 Å². The largest absolute Gasteiger partial charge is 0.227 e. The van der Waals surface area contributed by atoms with E-state index in [4.69, 9.17) is 5.26 Å². The van der Waals surface area contributed by atoms with Crippen LogP contribution in [0.5, 0.6) is 0 Å². The third-order valence-electron chi connectivity index (χ3n) is 1.21. The summed E-state index contributed by atoms with van der Waals surface area (Å²) in [5, 5.41) is 8.44. The normalized spacial score (nSPS) is 17.4. The number of nitriles is 1. The molecule has 3 nitrogen and oxygen atoms in total. The standard InChI is InChI=1S/C5H8BrNO2S/c1-3-5(6,4-7)10(2,8)9/h3H2,1-2H3/t5-/m0/s1. The minimum Gasteiger partial charge on any atom is -0.227 e. The molecule has 0 spiro atoms. The maximum absolute atomic E-state index is 10.8. The summed E-state index contributed by atoms with van der Waals surface area (Å²) in [5.41, 5.74) is 0. The fraction of sp³-hybridized carbons (Fsp3) is 0.800. The zero-order chi connectivity index (χ0) is 8.41. The van der Waals surface area contributed by atoms with Gasteiger partial charge in [-0.25, -0.2) is 8.42 Å². The monoisotopic (exact) mass is 225 g/mol. The minimum absolute atomic E-state index is 0.252. The van der Waals surface area contributed by atoms with Crippen molar-refractivity contribution in [2.24, 2.45) is 0 Å². The highest BCUT2D eigenvalue weighted by Crippen LogP contribution is 2.27. The van der Waals surface area contributed by atoms with Crippen LogP contribution in [0.3, 0.4) is 0 Å². The quantitative estimate of drug-likeness (QED) is 0.661. The van der Waals surface area contributed by atoms with E-state index < -0.39 is 13.5 Å². The summed E-state index contributed by atoms with van der Waals surface area (Å²) in [4.78, 5) is 0. The summed E-state index contributed by atoms with van der Waals surface area (Å²) >= 11 is 2.85. The second kappa shape index (κ2) is 2.89. The van der Waals surface area contributed by atoms with Gasteiger partial charge in [0.15, 0.2) is 9.84 Å². The molecule has 10 heavy (non-hydrogen) atoms. The van der Waals surface area contributed by atoms with E-state index in [1.807, 2.05) is 0 Å². The lowest BCUT2D eigenvalue weighted by molar-refractivity contribution is 0.590. The van der Waals surface area contributed by atoms with Gasteiger partial charge in [-0.3, -0.25) is 0 Å². The minimum atomic E-state index is -3.31. The van der Waals surface area contributed by atoms with E-state index in [1.165, 1.54) is 0 Å². The van der Waals surface area contributed by atoms with E-state index in [0.29, 0.717) is 0 Å². The molecule has 0 rings (SSSR count). The van der Waals surface area contributed by atoms with Crippen molar-refractivity contribution in [2.75, 3.05) is 6.26 Å². The van der Waals surface area contributed by atoms with Crippen molar-refractivity contribution in [3.8, 4) is 6.07 Å². The van der Waals surface area contributed by atoms with Gasteiger partial charge in [0.1, 0.15) is 0 Å². The number of halogens is 1. The lowest BCUT2D eigenvalue weighted by atomic mass is 10.4. The first-order chi connectivity index (χ1) is 4.37. The molecule has 0 aliphatic carbocycles. The van der Waals surface area contributed by atoms with Gasteiger partial charge in [-0.1, -0.05) is 22.9 Å². The fourth-order valence-corrected chi connectivity index (χ4v) is 1.11. The average molecular weight is 226 g/mol. The lowest BCUT2D eigenvalue weighted by Crippen LogP contribution is -2.27. The van der Waals surface area contributed by atoms with Gasteiger partial charge in [0.25, 0.3) is 0 Å². The van der Waals surface area contributed by atoms with Crippen LogP contribution < -0.4 is 0 Å². The predicted molar refractivity (Wildman–Crippen MR) is 42.4 cm³/mol. The topological polar surface area (TPSA) is 57.9 Å². The van der Waals surface area contributed by atoms with Gasteiger partial charge < -0.3 is 0 Å². The molecule has 0 heterocycles. The summed E-state index contributed by atoms with van der Waals surface area (Å²) in [6.07, 6.45) is 1.29. The van der Waals surface area contributed by atoms with Gasteiger partial charge in [-0.05, 0) is 6.42 Å². The SMILES string of the molecule is CC[C@@](Br)(C#N)S(C)(=O)=O. The molecule has 5 heteroatoms. The Morgan fingerprint density at radius 3 is 2.10 bits per heavy atom. The molecule has 0 saturated carbocycles. The Kier molecular flexibility index (Phi) is 2.86. The van der Waals surface area contributed by atoms with Gasteiger partial charge in [-0.15, -0.1) is 0 Å². The summed E-state index contributed by atoms with van der Waals surface area (Å²) in [7, 11) is -3.31. The number of hydrogen-bond donors (Lipinski definition) is 0. The molecule has 0 N–H and O–H groups in total. The molecule has 0 aromatic rings. The van der Waals surface area contributed by atoms with Crippen molar-refractivity contribution in [1.29, 1.82) is 5.26 Å². The van der Waals surface area contributed by atoms with Gasteiger partial charge in [0, 0.05) is 6.26 Å². The Hall–Kier alpha value is -0.0800. The molecule has 0 fully saturated rings. The van der Waals surface area contributed by atoms with Crippen LogP contribution in [-0.2, 0) is 9.84 Å². The summed E-state index contributed by atoms with van der Waals surface area (Å²) in [6.45, 7) is 1.64. The third-order valence-corrected chi connectivity index (χ3v) is 5.27. The number of alkyl halides is 1. The second-order valence-electron chi connectivity index (χ2n) is 1.97. The maximum Gasteiger partial charge on any atom is 0.211 e. The number of hydrogen-bond acceptors (Lipinski definition) is 3. The van der Waals surface area contributed by atoms with Crippen LogP contribution in [0.4, 0.5) is 0 Å². The molecule has 1 atom stereocenters. The van der Waals surface area contributed by atoms with Crippen molar-refractivity contribution < 1.29 is 8.42 Å². The van der Waals surface area contributed by atoms with Crippen LogP contribution in [0.1, 0.15) is 13.3 Å². The first-order valence-electron chi connectivity index (χ1n) is 2.67. The first kappa shape index (κ1) is 9.92. The van der Waals surface area contributed by atoms with Crippen LogP contribution in [0.25, 0.3) is 0 Å². The molecule has 0 saturated heterocycles. The van der Waals surface area contributed by atoms with E-state index in [2.05, 4.69) is 15.9 Å². The van der Waals surface area contributed by atoms with E-state index in [9.17, 15) is 8.42 Å². The third kappa shape index (κ3) is 1.70. The van der Waals surface area contributed by atoms with E-state index in [0.717, 1.165) is 6.26 Å². The van der Waals surface area contributed by atoms with E-state index in [1.54, 1.807) is 13.0 Å². The molecular formula is C5H8BrNO2S. The molecule has 0 aliphatic rings. The highest BCUT2D eigenvalue weighted by molar-refractivity contribution is 9.11. The Bertz CT molecular complexity index is 253. The highest BCUT2D eigenvalue weighted by Gasteiger charge is 2.35. The van der Waals surface area contributed by atoms with Crippen LogP contribution in [0.2, 0.25) is 0 Å². The summed E-state index contributed by atoms with van der Waals surface area (Å²) in [5.74, 6) is 0. The molecule has 0 aromatic heterocycles. The summed E-state index contributed by atoms with van der Waals surface area (Å²) in [6, 6.07) is 1.70. The van der Waals surface area contributed by atoms with Crippen LogP contribution in [0.15, 0.2) is 0 Å². The average Bonchev–Trinajstić information content (AvgIpc) is 1.84. The zero-order valence-electron chi connectivity index (χ0n) is 5.76. The molecule has 0 bridgehead atoms. The van der Waals surface area contributed by atoms with Crippen LogP contribution in [0, 0.1) is 11.3 Å². The molecule has 0 radical (unpaired) electrons. The maximum atomic E-state index is 10.8. The molecule has 0 unspecified atom stereocenters. The van der Waals surface area contributed by atoms with E-state index in [-0.39, 0.29) is 6.42 Å². The molecular weight excluding hydrogens is 218 g/mol. The predicted octanol–water partition coefficient (Wildman–Crippen LogP) is 1.06. The Morgan fingerprint density at radius 2 is 2.10 bits per heavy atom. The zero-order valence-corrected chi connectivity index (χ0v) is 8.16. The first-order valence-corrected chi connectivity index (χ1v) is 5.35. The Labute approximate surface area is 69.1 Å². The Balaban J connectivity index is 4.92. The smallest absolute Gasteiger partial charge is 0.211 e. The van der Waals surface area contributed by atoms with Gasteiger partial charge in [0.05, 0.1) is 6.07 Å². The van der Waals surface area contributed by atoms with Crippen molar-refractivity contribution in [3.05, 3.63) is 0 Å². The van der Waals surface area contributed by atoms with Crippen molar-refractivity contribution in [3.63, 3.8) is 0 Å². The lowest BCUT2D eigenvalue weighted by Gasteiger charge is -2.13. The number of nitrogens with zero attached hydrogens (tertiary/aromatic N) is 1. The second-order valence-corrected chi connectivity index (χ2v) is 6.09. The van der Waals surface area contributed by atoms with Crippen LogP contribution >= 0.6 is 15.9 Å². The van der Waals surface area contributed by atoms with Crippen LogP contribution in [-0.4, -0.2) is 18.3 Å². The molecule has 0 aromatic carbocycles. The van der Waals surface area contributed by atoms with E-state index >= 15 is 0 Å². The highest BCUT2D eigenvalue weighted by atomic mass is 79.9. The number of rotatable bonds is 2. The molecule has 58 valence electrons. The summed E-state index contributed by atoms with van der Waals surface area (Å²) < 4.78 is 20.3.